The molecule has 0 fully saturated rings. The Morgan fingerprint density at radius 1 is 1.09 bits per heavy atom. The molecule has 0 aliphatic carbocycles. The molecule has 0 radical (unpaired) electrons. The third kappa shape index (κ3) is 3.16. The maximum atomic E-state index is 12.2. The maximum absolute atomic E-state index is 12.2. The summed E-state index contributed by atoms with van der Waals surface area (Å²) in [6.45, 7) is 0.300. The molecule has 0 spiro atoms. The molecule has 114 valence electrons. The fraction of sp³-hybridized carbons (Fsp3) is 0.0588. The van der Waals surface area contributed by atoms with E-state index >= 15 is 0 Å². The average Bonchev–Trinajstić information content (AvgIpc) is 3.03. The zero-order valence-electron chi connectivity index (χ0n) is 12.1. The molecule has 2 heterocycles. The lowest BCUT2D eigenvalue weighted by Gasteiger charge is -2.03. The summed E-state index contributed by atoms with van der Waals surface area (Å²) in [5.74, 6) is -0.321. The van der Waals surface area contributed by atoms with Crippen LogP contribution in [0.25, 0.3) is 5.65 Å². The first kappa shape index (κ1) is 14.6. The van der Waals surface area contributed by atoms with Crippen molar-refractivity contribution in [3.8, 4) is 0 Å². The van der Waals surface area contributed by atoms with Gasteiger partial charge >= 0.3 is 0 Å². The van der Waals surface area contributed by atoms with Crippen molar-refractivity contribution in [3.63, 3.8) is 0 Å². The minimum absolute atomic E-state index is 0.264. The van der Waals surface area contributed by atoms with Crippen LogP contribution in [0.4, 0.5) is 0 Å². The molecule has 6 heteroatoms. The van der Waals surface area contributed by atoms with E-state index in [1.165, 1.54) is 0 Å². The van der Waals surface area contributed by atoms with Gasteiger partial charge in [-0.15, -0.1) is 0 Å². The zero-order valence-corrected chi connectivity index (χ0v) is 12.1. The summed E-state index contributed by atoms with van der Waals surface area (Å²) in [6.07, 6.45) is 4.68. The number of amides is 1. The first-order chi connectivity index (χ1) is 11.2. The number of nitrogens with one attached hydrogen (secondary N) is 1. The highest BCUT2D eigenvalue weighted by Crippen LogP contribution is 2.08. The van der Waals surface area contributed by atoms with E-state index in [1.807, 2.05) is 6.07 Å². The predicted octanol–water partition coefficient (Wildman–Crippen LogP) is 1.89. The minimum atomic E-state index is -0.321. The van der Waals surface area contributed by atoms with Gasteiger partial charge < -0.3 is 9.72 Å². The number of pyridine rings is 1. The van der Waals surface area contributed by atoms with E-state index in [9.17, 15) is 14.4 Å². The molecular weight excluding hydrogens is 294 g/mol. The molecule has 6 nitrogen and oxygen atoms in total. The van der Waals surface area contributed by atoms with Gasteiger partial charge in [0, 0.05) is 30.1 Å². The van der Waals surface area contributed by atoms with Crippen LogP contribution in [0.1, 0.15) is 36.8 Å². The molecular formula is C17H13N3O3. The number of aromatic nitrogens is 2. The predicted molar refractivity (Wildman–Crippen MR) is 83.6 cm³/mol. The van der Waals surface area contributed by atoms with Crippen LogP contribution in [0.15, 0.2) is 48.8 Å². The lowest BCUT2D eigenvalue weighted by atomic mass is 10.1. The van der Waals surface area contributed by atoms with Crippen molar-refractivity contribution >= 4 is 24.1 Å². The topological polar surface area (TPSA) is 80.5 Å². The fourth-order valence-corrected chi connectivity index (χ4v) is 2.24. The molecule has 0 atom stereocenters. The van der Waals surface area contributed by atoms with Gasteiger partial charge in [0.2, 0.25) is 0 Å². The van der Waals surface area contributed by atoms with Crippen molar-refractivity contribution in [3.05, 3.63) is 71.2 Å². The van der Waals surface area contributed by atoms with Crippen molar-refractivity contribution in [2.75, 3.05) is 0 Å². The number of benzene rings is 1. The Morgan fingerprint density at radius 2 is 1.91 bits per heavy atom. The monoisotopic (exact) mass is 307 g/mol. The molecule has 0 aliphatic rings. The van der Waals surface area contributed by atoms with E-state index in [2.05, 4.69) is 10.3 Å². The summed E-state index contributed by atoms with van der Waals surface area (Å²) >= 11 is 0. The molecule has 3 rings (SSSR count). The fourth-order valence-electron chi connectivity index (χ4n) is 2.24. The first-order valence-corrected chi connectivity index (χ1v) is 6.96. The quantitative estimate of drug-likeness (QED) is 0.730. The van der Waals surface area contributed by atoms with Gasteiger partial charge in [-0.25, -0.2) is 4.98 Å². The van der Waals surface area contributed by atoms with Crippen LogP contribution < -0.4 is 5.32 Å². The van der Waals surface area contributed by atoms with Crippen LogP contribution in [0.3, 0.4) is 0 Å². The Hall–Kier alpha value is -3.28. The van der Waals surface area contributed by atoms with Crippen LogP contribution in [-0.4, -0.2) is 27.9 Å². The Kier molecular flexibility index (Phi) is 3.97. The number of hydrogen-bond acceptors (Lipinski definition) is 4. The van der Waals surface area contributed by atoms with Gasteiger partial charge in [0.1, 0.15) is 17.6 Å². The van der Waals surface area contributed by atoms with E-state index in [1.54, 1.807) is 47.1 Å². The molecule has 1 aromatic carbocycles. The summed E-state index contributed by atoms with van der Waals surface area (Å²) in [5, 5.41) is 2.76. The second kappa shape index (κ2) is 6.23. The molecule has 23 heavy (non-hydrogen) atoms. The van der Waals surface area contributed by atoms with Gasteiger partial charge in [-0.2, -0.15) is 0 Å². The lowest BCUT2D eigenvalue weighted by Crippen LogP contribution is -2.23. The largest absolute Gasteiger partial charge is 0.347 e. The number of aldehydes is 2. The summed E-state index contributed by atoms with van der Waals surface area (Å²) < 4.78 is 1.63. The first-order valence-electron chi connectivity index (χ1n) is 6.96. The molecule has 0 saturated carbocycles. The van der Waals surface area contributed by atoms with E-state index in [4.69, 9.17) is 0 Å². The third-order valence-electron chi connectivity index (χ3n) is 3.38. The SMILES string of the molecule is O=Cc1cccc(CNC(=O)c2cn3cc(C=O)ccc3n2)c1. The molecule has 0 bridgehead atoms. The van der Waals surface area contributed by atoms with Gasteiger partial charge in [-0.05, 0) is 23.8 Å². The van der Waals surface area contributed by atoms with Gasteiger partial charge in [0.25, 0.3) is 5.91 Å². The summed E-state index contributed by atoms with van der Waals surface area (Å²) in [7, 11) is 0. The van der Waals surface area contributed by atoms with Crippen molar-refractivity contribution in [1.29, 1.82) is 0 Å². The number of nitrogens with zero attached hydrogens (tertiary/aromatic N) is 2. The second-order valence-corrected chi connectivity index (χ2v) is 5.02. The van der Waals surface area contributed by atoms with Crippen molar-refractivity contribution in [2.24, 2.45) is 0 Å². The van der Waals surface area contributed by atoms with Crippen LogP contribution in [0.5, 0.6) is 0 Å². The number of imidazole rings is 1. The minimum Gasteiger partial charge on any atom is -0.347 e. The molecule has 0 saturated heterocycles. The van der Waals surface area contributed by atoms with E-state index < -0.39 is 0 Å². The average molecular weight is 307 g/mol. The molecule has 3 aromatic rings. The normalized spacial score (nSPS) is 10.4. The number of fused-ring (bicyclic) bond motifs is 1. The van der Waals surface area contributed by atoms with E-state index in [0.29, 0.717) is 23.3 Å². The Bertz CT molecular complexity index is 899. The van der Waals surface area contributed by atoms with Gasteiger partial charge in [-0.3, -0.25) is 14.4 Å². The van der Waals surface area contributed by atoms with Crippen molar-refractivity contribution in [2.45, 2.75) is 6.54 Å². The Morgan fingerprint density at radius 3 is 2.70 bits per heavy atom. The van der Waals surface area contributed by atoms with Crippen LogP contribution in [0.2, 0.25) is 0 Å². The highest BCUT2D eigenvalue weighted by atomic mass is 16.2. The van der Waals surface area contributed by atoms with Crippen LogP contribution in [-0.2, 0) is 6.54 Å². The Labute approximate surface area is 131 Å². The highest BCUT2D eigenvalue weighted by Gasteiger charge is 2.10. The van der Waals surface area contributed by atoms with Crippen LogP contribution in [0, 0.1) is 0 Å². The second-order valence-electron chi connectivity index (χ2n) is 5.02. The maximum Gasteiger partial charge on any atom is 0.271 e. The summed E-state index contributed by atoms with van der Waals surface area (Å²) in [4.78, 5) is 37.9. The van der Waals surface area contributed by atoms with Crippen molar-refractivity contribution in [1.82, 2.24) is 14.7 Å². The standard InChI is InChI=1S/C17H13N3O3/c21-10-13-3-1-2-12(6-13)7-18-17(23)15-9-20-8-14(11-22)4-5-16(20)19-15/h1-6,8-11H,7H2,(H,18,23). The van der Waals surface area contributed by atoms with Crippen LogP contribution >= 0.6 is 0 Å². The lowest BCUT2D eigenvalue weighted by molar-refractivity contribution is 0.0946. The molecule has 2 aromatic heterocycles. The molecule has 1 amide bonds. The zero-order chi connectivity index (χ0) is 16.2. The van der Waals surface area contributed by atoms with E-state index in [-0.39, 0.29) is 11.6 Å². The van der Waals surface area contributed by atoms with Crippen molar-refractivity contribution < 1.29 is 14.4 Å². The molecule has 0 aliphatic heterocycles. The number of carbonyl (C=O) groups is 3. The highest BCUT2D eigenvalue weighted by molar-refractivity contribution is 5.93. The third-order valence-corrected chi connectivity index (χ3v) is 3.38. The smallest absolute Gasteiger partial charge is 0.271 e. The molecule has 0 unspecified atom stereocenters. The van der Waals surface area contributed by atoms with Gasteiger partial charge in [-0.1, -0.05) is 18.2 Å². The molecule has 1 N–H and O–H groups in total. The van der Waals surface area contributed by atoms with Gasteiger partial charge in [0.05, 0.1) is 0 Å². The Balaban J connectivity index is 1.75. The number of rotatable bonds is 5. The summed E-state index contributed by atoms with van der Waals surface area (Å²) in [6, 6.07) is 10.3. The number of hydrogen-bond donors (Lipinski definition) is 1. The summed E-state index contributed by atoms with van der Waals surface area (Å²) in [5.41, 5.74) is 2.75. The number of carbonyl (C=O) groups excluding carboxylic acids is 3. The van der Waals surface area contributed by atoms with E-state index in [0.717, 1.165) is 18.1 Å². The van der Waals surface area contributed by atoms with Gasteiger partial charge in [0.15, 0.2) is 6.29 Å².